The molecule has 0 atom stereocenters. The van der Waals surface area contributed by atoms with Gasteiger partial charge in [-0.3, -0.25) is 9.52 Å². The lowest BCUT2D eigenvalue weighted by Gasteiger charge is -2.18. The number of benzene rings is 1. The molecule has 14 heavy (non-hydrogen) atoms. The molecule has 0 unspecified atom stereocenters. The first-order valence-electron chi connectivity index (χ1n) is 3.88. The lowest BCUT2D eigenvalue weighted by molar-refractivity contribution is 0.104. The number of carbonyl (C=O) groups is 1. The van der Waals surface area contributed by atoms with Crippen molar-refractivity contribution in [3.63, 3.8) is 0 Å². The Bertz CT molecular complexity index is 531. The van der Waals surface area contributed by atoms with Gasteiger partial charge in [-0.05, 0) is 12.1 Å². The zero-order valence-corrected chi connectivity index (χ0v) is 7.97. The number of para-hydroxylation sites is 1. The number of carbonyl (C=O) groups excluding carboxylic acids is 1. The van der Waals surface area contributed by atoms with E-state index in [1.165, 1.54) is 6.07 Å². The lowest BCUT2D eigenvalue weighted by atomic mass is 10.1. The van der Waals surface area contributed by atoms with Crippen LogP contribution in [0.1, 0.15) is 10.4 Å². The Hall–Kier alpha value is -1.62. The molecule has 1 aliphatic rings. The maximum Gasteiger partial charge on any atom is 0.265 e. The van der Waals surface area contributed by atoms with Crippen molar-refractivity contribution in [2.75, 3.05) is 4.72 Å². The second-order valence-corrected chi connectivity index (χ2v) is 4.61. The van der Waals surface area contributed by atoms with Gasteiger partial charge in [-0.25, -0.2) is 8.42 Å². The van der Waals surface area contributed by atoms with E-state index < -0.39 is 20.7 Å². The van der Waals surface area contributed by atoms with Crippen LogP contribution in [0.4, 0.5) is 5.69 Å². The summed E-state index contributed by atoms with van der Waals surface area (Å²) in [7, 11) is -3.72. The van der Waals surface area contributed by atoms with E-state index >= 15 is 0 Å². The molecule has 1 heterocycles. The third-order valence-corrected chi connectivity index (χ3v) is 3.32. The minimum Gasteiger partial charge on any atom is -0.288 e. The summed E-state index contributed by atoms with van der Waals surface area (Å²) in [6.07, 6.45) is 0. The van der Waals surface area contributed by atoms with Gasteiger partial charge in [0.15, 0.2) is 0 Å². The second-order valence-electron chi connectivity index (χ2n) is 2.90. The van der Waals surface area contributed by atoms with E-state index in [0.717, 1.165) is 0 Å². The quantitative estimate of drug-likeness (QED) is 0.651. The molecule has 5 heteroatoms. The van der Waals surface area contributed by atoms with Crippen LogP contribution in [-0.4, -0.2) is 14.2 Å². The van der Waals surface area contributed by atoms with E-state index in [0.29, 0.717) is 11.3 Å². The maximum absolute atomic E-state index is 11.5. The highest BCUT2D eigenvalue weighted by Gasteiger charge is 2.31. The first-order valence-corrected chi connectivity index (χ1v) is 5.36. The molecular weight excluding hydrogens is 202 g/mol. The van der Waals surface area contributed by atoms with Crippen molar-refractivity contribution in [3.05, 3.63) is 41.3 Å². The number of fused-ring (bicyclic) bond motifs is 1. The monoisotopic (exact) mass is 209 g/mol. The topological polar surface area (TPSA) is 63.2 Å². The third-order valence-electron chi connectivity index (χ3n) is 1.99. The van der Waals surface area contributed by atoms with Crippen LogP contribution in [0, 0.1) is 0 Å². The normalized spacial score (nSPS) is 18.6. The smallest absolute Gasteiger partial charge is 0.265 e. The van der Waals surface area contributed by atoms with Gasteiger partial charge >= 0.3 is 0 Å². The number of hydrogen-bond acceptors (Lipinski definition) is 3. The number of anilines is 1. The molecule has 0 saturated heterocycles. The predicted octanol–water partition coefficient (Wildman–Crippen LogP) is 1.14. The van der Waals surface area contributed by atoms with Crippen molar-refractivity contribution in [2.24, 2.45) is 0 Å². The molecule has 0 radical (unpaired) electrons. The van der Waals surface area contributed by atoms with Crippen LogP contribution in [0.2, 0.25) is 0 Å². The molecule has 72 valence electrons. The van der Waals surface area contributed by atoms with Gasteiger partial charge in [-0.2, -0.15) is 0 Å². The molecule has 4 nitrogen and oxygen atoms in total. The van der Waals surface area contributed by atoms with Gasteiger partial charge < -0.3 is 0 Å². The van der Waals surface area contributed by atoms with Crippen molar-refractivity contribution >= 4 is 21.5 Å². The largest absolute Gasteiger partial charge is 0.288 e. The van der Waals surface area contributed by atoms with Crippen LogP contribution in [0.25, 0.3) is 0 Å². The summed E-state index contributed by atoms with van der Waals surface area (Å²) in [5.41, 5.74) is 0.650. The van der Waals surface area contributed by atoms with Gasteiger partial charge in [0.25, 0.3) is 10.0 Å². The SMILES string of the molecule is C=C1C(=O)c2ccccc2NS1(=O)=O. The molecule has 0 amide bonds. The van der Waals surface area contributed by atoms with Crippen molar-refractivity contribution in [3.8, 4) is 0 Å². The van der Waals surface area contributed by atoms with E-state index in [-0.39, 0.29) is 0 Å². The van der Waals surface area contributed by atoms with Gasteiger partial charge in [0.05, 0.1) is 5.69 Å². The molecule has 0 aromatic heterocycles. The summed E-state index contributed by atoms with van der Waals surface area (Å²) in [6, 6.07) is 6.42. The van der Waals surface area contributed by atoms with E-state index in [9.17, 15) is 13.2 Å². The Labute approximate surface area is 81.3 Å². The van der Waals surface area contributed by atoms with E-state index in [1.54, 1.807) is 18.2 Å². The molecule has 0 saturated carbocycles. The van der Waals surface area contributed by atoms with Gasteiger partial charge in [-0.1, -0.05) is 18.7 Å². The Morgan fingerprint density at radius 1 is 1.21 bits per heavy atom. The summed E-state index contributed by atoms with van der Waals surface area (Å²) < 4.78 is 24.9. The van der Waals surface area contributed by atoms with Crippen molar-refractivity contribution < 1.29 is 13.2 Å². The summed E-state index contributed by atoms with van der Waals surface area (Å²) in [4.78, 5) is 11.1. The molecule has 0 spiro atoms. The number of Topliss-reactive ketones (excluding diaryl/α,β-unsaturated/α-hetero) is 1. The third kappa shape index (κ3) is 1.13. The minimum absolute atomic E-state index is 0.310. The average molecular weight is 209 g/mol. The van der Waals surface area contributed by atoms with E-state index in [2.05, 4.69) is 11.3 Å². The first-order chi connectivity index (χ1) is 6.52. The Morgan fingerprint density at radius 2 is 1.86 bits per heavy atom. The summed E-state index contributed by atoms with van der Waals surface area (Å²) in [5, 5.41) is 0. The highest BCUT2D eigenvalue weighted by Crippen LogP contribution is 2.27. The molecule has 0 bridgehead atoms. The first kappa shape index (κ1) is 8.96. The summed E-state index contributed by atoms with van der Waals surface area (Å²) >= 11 is 0. The van der Waals surface area contributed by atoms with Gasteiger partial charge in [0, 0.05) is 5.56 Å². The van der Waals surface area contributed by atoms with Crippen molar-refractivity contribution in [1.82, 2.24) is 0 Å². The fourth-order valence-electron chi connectivity index (χ4n) is 1.25. The Kier molecular flexibility index (Phi) is 1.72. The minimum atomic E-state index is -3.72. The number of allylic oxidation sites excluding steroid dienone is 1. The van der Waals surface area contributed by atoms with Crippen LogP contribution in [-0.2, 0) is 10.0 Å². The molecule has 2 rings (SSSR count). The molecule has 1 aromatic carbocycles. The number of nitrogens with one attached hydrogen (secondary N) is 1. The molecule has 0 aliphatic carbocycles. The van der Waals surface area contributed by atoms with Crippen molar-refractivity contribution in [1.29, 1.82) is 0 Å². The second kappa shape index (κ2) is 2.68. The van der Waals surface area contributed by atoms with E-state index in [1.807, 2.05) is 0 Å². The fourth-order valence-corrected chi connectivity index (χ4v) is 2.19. The number of sulfonamides is 1. The number of rotatable bonds is 0. The van der Waals surface area contributed by atoms with Crippen LogP contribution < -0.4 is 4.72 Å². The van der Waals surface area contributed by atoms with Gasteiger partial charge in [0.2, 0.25) is 5.78 Å². The van der Waals surface area contributed by atoms with Crippen LogP contribution >= 0.6 is 0 Å². The fraction of sp³-hybridized carbons (Fsp3) is 0. The molecule has 1 N–H and O–H groups in total. The number of hydrogen-bond donors (Lipinski definition) is 1. The summed E-state index contributed by atoms with van der Waals surface area (Å²) in [6.45, 7) is 3.25. The zero-order chi connectivity index (χ0) is 10.3. The van der Waals surface area contributed by atoms with Crippen LogP contribution in [0.3, 0.4) is 0 Å². The zero-order valence-electron chi connectivity index (χ0n) is 7.15. The van der Waals surface area contributed by atoms with Crippen LogP contribution in [0.15, 0.2) is 35.7 Å². The van der Waals surface area contributed by atoms with Gasteiger partial charge in [0.1, 0.15) is 4.91 Å². The van der Waals surface area contributed by atoms with Crippen molar-refractivity contribution in [2.45, 2.75) is 0 Å². The molecular formula is C9H7NO3S. The van der Waals surface area contributed by atoms with E-state index in [4.69, 9.17) is 0 Å². The predicted molar refractivity (Wildman–Crippen MR) is 52.5 cm³/mol. The molecule has 1 aromatic rings. The molecule has 0 fully saturated rings. The average Bonchev–Trinajstić information content (AvgIpc) is 2.14. The standard InChI is InChI=1S/C9H7NO3S/c1-6-9(11)7-4-2-3-5-8(7)10-14(6,12)13/h2-5,10H,1H2. The maximum atomic E-state index is 11.5. The molecule has 1 aliphatic heterocycles. The van der Waals surface area contributed by atoms with Crippen LogP contribution in [0.5, 0.6) is 0 Å². The Morgan fingerprint density at radius 3 is 2.57 bits per heavy atom. The number of ketones is 1. The highest BCUT2D eigenvalue weighted by molar-refractivity contribution is 7.97. The Balaban J connectivity index is 2.71. The van der Waals surface area contributed by atoms with Gasteiger partial charge in [-0.15, -0.1) is 0 Å². The highest BCUT2D eigenvalue weighted by atomic mass is 32.2. The summed E-state index contributed by atoms with van der Waals surface area (Å²) in [5.74, 6) is -0.542. The lowest BCUT2D eigenvalue weighted by Crippen LogP contribution is -2.26.